The third-order valence-corrected chi connectivity index (χ3v) is 3.89. The Bertz CT molecular complexity index is 946. The zero-order valence-electron chi connectivity index (χ0n) is 13.1. The summed E-state index contributed by atoms with van der Waals surface area (Å²) in [6.07, 6.45) is 7.39. The molecule has 0 spiro atoms. The van der Waals surface area contributed by atoms with Gasteiger partial charge in [0, 0.05) is 43.3 Å². The molecule has 4 rings (SSSR count). The molecule has 0 saturated heterocycles. The number of aromatic nitrogens is 4. The molecule has 0 aliphatic carbocycles. The smallest absolute Gasteiger partial charge is 0.158 e. The number of benzene rings is 1. The lowest BCUT2D eigenvalue weighted by atomic mass is 10.2. The minimum atomic E-state index is 0.794. The van der Waals surface area contributed by atoms with Gasteiger partial charge < -0.3 is 9.88 Å². The Balaban J connectivity index is 1.53. The minimum Gasteiger partial charge on any atom is -0.382 e. The first-order chi connectivity index (χ1) is 11.9. The molecular formula is C19H17N5. The van der Waals surface area contributed by atoms with Crippen molar-refractivity contribution in [3.05, 3.63) is 73.3 Å². The summed E-state index contributed by atoms with van der Waals surface area (Å²) < 4.78 is 2.11. The van der Waals surface area contributed by atoms with Crippen LogP contribution in [0.15, 0.2) is 73.3 Å². The van der Waals surface area contributed by atoms with Crippen molar-refractivity contribution in [3.63, 3.8) is 0 Å². The van der Waals surface area contributed by atoms with Crippen LogP contribution in [0.2, 0.25) is 0 Å². The van der Waals surface area contributed by atoms with Gasteiger partial charge in [0.1, 0.15) is 5.69 Å². The van der Waals surface area contributed by atoms with E-state index in [1.54, 1.807) is 6.20 Å². The van der Waals surface area contributed by atoms with E-state index in [9.17, 15) is 0 Å². The molecule has 118 valence electrons. The van der Waals surface area contributed by atoms with Gasteiger partial charge in [-0.3, -0.25) is 4.98 Å². The predicted octanol–water partition coefficient (Wildman–Crippen LogP) is 3.61. The van der Waals surface area contributed by atoms with Gasteiger partial charge in [0.2, 0.25) is 0 Å². The Morgan fingerprint density at radius 2 is 1.92 bits per heavy atom. The third kappa shape index (κ3) is 2.96. The largest absolute Gasteiger partial charge is 0.382 e. The van der Waals surface area contributed by atoms with E-state index in [2.05, 4.69) is 32.0 Å². The van der Waals surface area contributed by atoms with Gasteiger partial charge in [-0.1, -0.05) is 24.3 Å². The molecule has 0 unspecified atom stereocenters. The Labute approximate surface area is 140 Å². The van der Waals surface area contributed by atoms with Gasteiger partial charge >= 0.3 is 0 Å². The van der Waals surface area contributed by atoms with Crippen LogP contribution in [0.1, 0.15) is 0 Å². The predicted molar refractivity (Wildman–Crippen MR) is 95.7 cm³/mol. The summed E-state index contributed by atoms with van der Waals surface area (Å²) in [5.74, 6) is 0.883. The molecule has 0 atom stereocenters. The van der Waals surface area contributed by atoms with E-state index in [1.165, 1.54) is 0 Å². The number of rotatable bonds is 5. The lowest BCUT2D eigenvalue weighted by molar-refractivity contribution is 0.733. The molecule has 0 aliphatic rings. The highest BCUT2D eigenvalue weighted by Gasteiger charge is 2.08. The lowest BCUT2D eigenvalue weighted by Gasteiger charge is -2.10. The van der Waals surface area contributed by atoms with Crippen molar-refractivity contribution < 1.29 is 0 Å². The molecule has 1 N–H and O–H groups in total. The van der Waals surface area contributed by atoms with Crippen LogP contribution in [0.4, 0.5) is 5.69 Å². The van der Waals surface area contributed by atoms with Crippen LogP contribution in [0.5, 0.6) is 0 Å². The Morgan fingerprint density at radius 1 is 0.958 bits per heavy atom. The first kappa shape index (κ1) is 14.4. The van der Waals surface area contributed by atoms with Crippen molar-refractivity contribution in [2.24, 2.45) is 0 Å². The fourth-order valence-electron chi connectivity index (χ4n) is 2.70. The Morgan fingerprint density at radius 3 is 2.83 bits per heavy atom. The average Bonchev–Trinajstić information content (AvgIpc) is 3.11. The van der Waals surface area contributed by atoms with Crippen LogP contribution >= 0.6 is 0 Å². The number of hydrogen-bond donors (Lipinski definition) is 1. The van der Waals surface area contributed by atoms with Gasteiger partial charge in [-0.25, -0.2) is 9.97 Å². The van der Waals surface area contributed by atoms with Crippen molar-refractivity contribution in [2.45, 2.75) is 6.54 Å². The molecule has 1 aromatic carbocycles. The maximum absolute atomic E-state index is 4.73. The van der Waals surface area contributed by atoms with Crippen molar-refractivity contribution in [2.75, 3.05) is 11.9 Å². The van der Waals surface area contributed by atoms with Gasteiger partial charge in [-0.05, 0) is 24.3 Å². The third-order valence-electron chi connectivity index (χ3n) is 3.89. The Kier molecular flexibility index (Phi) is 3.90. The molecule has 0 fully saturated rings. The van der Waals surface area contributed by atoms with Crippen LogP contribution in [-0.4, -0.2) is 26.1 Å². The zero-order valence-corrected chi connectivity index (χ0v) is 13.1. The van der Waals surface area contributed by atoms with Crippen LogP contribution in [-0.2, 0) is 6.54 Å². The van der Waals surface area contributed by atoms with Crippen LogP contribution < -0.4 is 5.32 Å². The first-order valence-electron chi connectivity index (χ1n) is 7.91. The molecule has 3 heterocycles. The maximum Gasteiger partial charge on any atom is 0.158 e. The normalized spacial score (nSPS) is 10.8. The van der Waals surface area contributed by atoms with E-state index in [-0.39, 0.29) is 0 Å². The van der Waals surface area contributed by atoms with E-state index in [1.807, 2.05) is 55.0 Å². The van der Waals surface area contributed by atoms with Gasteiger partial charge in [0.25, 0.3) is 0 Å². The number of pyridine rings is 2. The summed E-state index contributed by atoms with van der Waals surface area (Å²) >= 11 is 0. The maximum atomic E-state index is 4.73. The summed E-state index contributed by atoms with van der Waals surface area (Å²) in [6.45, 7) is 1.60. The highest BCUT2D eigenvalue weighted by atomic mass is 15.1. The molecule has 0 aliphatic heterocycles. The van der Waals surface area contributed by atoms with Gasteiger partial charge in [-0.2, -0.15) is 0 Å². The van der Waals surface area contributed by atoms with E-state index in [0.717, 1.165) is 41.2 Å². The van der Waals surface area contributed by atoms with E-state index in [4.69, 9.17) is 4.98 Å². The molecule has 0 saturated carbocycles. The van der Waals surface area contributed by atoms with Gasteiger partial charge in [-0.15, -0.1) is 0 Å². The topological polar surface area (TPSA) is 55.6 Å². The van der Waals surface area contributed by atoms with E-state index in [0.29, 0.717) is 0 Å². The van der Waals surface area contributed by atoms with Crippen molar-refractivity contribution in [1.29, 1.82) is 0 Å². The molecule has 24 heavy (non-hydrogen) atoms. The Hall–Kier alpha value is -3.21. The average molecular weight is 315 g/mol. The van der Waals surface area contributed by atoms with E-state index >= 15 is 0 Å². The zero-order chi connectivity index (χ0) is 16.2. The summed E-state index contributed by atoms with van der Waals surface area (Å²) in [7, 11) is 0. The quantitative estimate of drug-likeness (QED) is 0.611. The number of para-hydroxylation sites is 1. The van der Waals surface area contributed by atoms with Gasteiger partial charge in [0.05, 0.1) is 11.2 Å². The minimum absolute atomic E-state index is 0.794. The molecule has 5 nitrogen and oxygen atoms in total. The molecule has 5 heteroatoms. The molecule has 4 aromatic rings. The standard InChI is InChI=1S/C19H17N5/c1-2-6-17-15(4-1)7-8-18(23-17)19-22-11-13-24(19)12-10-21-16-5-3-9-20-14-16/h1-9,11,13-14,21H,10,12H2. The fourth-order valence-corrected chi connectivity index (χ4v) is 2.70. The number of imidazole rings is 1. The summed E-state index contributed by atoms with van der Waals surface area (Å²) in [5, 5.41) is 4.50. The van der Waals surface area contributed by atoms with Crippen molar-refractivity contribution in [3.8, 4) is 11.5 Å². The second-order valence-electron chi connectivity index (χ2n) is 5.50. The SMILES string of the molecule is c1cncc(NCCn2ccnc2-c2ccc3ccccc3n2)c1. The van der Waals surface area contributed by atoms with Crippen LogP contribution in [0.25, 0.3) is 22.4 Å². The van der Waals surface area contributed by atoms with Crippen molar-refractivity contribution in [1.82, 2.24) is 19.5 Å². The summed E-state index contributed by atoms with van der Waals surface area (Å²) in [4.78, 5) is 13.3. The molecule has 0 radical (unpaired) electrons. The fraction of sp³-hybridized carbons (Fsp3) is 0.105. The van der Waals surface area contributed by atoms with Crippen LogP contribution in [0.3, 0.4) is 0 Å². The number of nitrogens with zero attached hydrogens (tertiary/aromatic N) is 4. The lowest BCUT2D eigenvalue weighted by Crippen LogP contribution is -2.11. The summed E-state index contributed by atoms with van der Waals surface area (Å²) in [6, 6.07) is 16.2. The second-order valence-corrected chi connectivity index (χ2v) is 5.50. The number of nitrogens with one attached hydrogen (secondary N) is 1. The van der Waals surface area contributed by atoms with Gasteiger partial charge in [0.15, 0.2) is 5.82 Å². The number of hydrogen-bond acceptors (Lipinski definition) is 4. The highest BCUT2D eigenvalue weighted by molar-refractivity contribution is 5.80. The number of anilines is 1. The molecule has 0 bridgehead atoms. The first-order valence-corrected chi connectivity index (χ1v) is 7.91. The van der Waals surface area contributed by atoms with Crippen molar-refractivity contribution >= 4 is 16.6 Å². The molecule has 3 aromatic heterocycles. The van der Waals surface area contributed by atoms with E-state index < -0.39 is 0 Å². The monoisotopic (exact) mass is 315 g/mol. The van der Waals surface area contributed by atoms with Crippen LogP contribution in [0, 0.1) is 0 Å². The summed E-state index contributed by atoms with van der Waals surface area (Å²) in [5.41, 5.74) is 2.89. The second kappa shape index (κ2) is 6.50. The highest BCUT2D eigenvalue weighted by Crippen LogP contribution is 2.19. The number of fused-ring (bicyclic) bond motifs is 1. The molecule has 0 amide bonds. The molecular weight excluding hydrogens is 298 g/mol.